The molecule has 0 atom stereocenters. The van der Waals surface area contributed by atoms with Gasteiger partial charge in [0.15, 0.2) is 0 Å². The molecule has 0 aliphatic rings. The van der Waals surface area contributed by atoms with Crippen LogP contribution in [0.1, 0.15) is 41.4 Å². The van der Waals surface area contributed by atoms with E-state index in [9.17, 15) is 19.2 Å². The summed E-state index contributed by atoms with van der Waals surface area (Å²) in [6.45, 7) is 0. The van der Waals surface area contributed by atoms with Crippen LogP contribution in [-0.4, -0.2) is 48.3 Å². The van der Waals surface area contributed by atoms with Crippen molar-refractivity contribution >= 4 is 55.7 Å². The third-order valence-electron chi connectivity index (χ3n) is 3.24. The zero-order valence-corrected chi connectivity index (χ0v) is 17.7. The first kappa shape index (κ1) is 23.3. The van der Waals surface area contributed by atoms with Crippen LogP contribution in [0, 0.1) is 0 Å². The van der Waals surface area contributed by atoms with Crippen molar-refractivity contribution in [1.29, 1.82) is 0 Å². The Morgan fingerprint density at radius 2 is 1.18 bits per heavy atom. The van der Waals surface area contributed by atoms with Crippen LogP contribution < -0.4 is 0 Å². The molecular formula is C18H14Br2O8. The van der Waals surface area contributed by atoms with Gasteiger partial charge in [-0.25, -0.2) is 19.2 Å². The molecule has 0 saturated heterocycles. The third kappa shape index (κ3) is 6.17. The van der Waals surface area contributed by atoms with Crippen LogP contribution in [0.5, 0.6) is 0 Å². The Labute approximate surface area is 176 Å². The molecule has 0 radical (unpaired) electrons. The van der Waals surface area contributed by atoms with Crippen molar-refractivity contribution in [2.45, 2.75) is 0 Å². The molecule has 148 valence electrons. The maximum absolute atomic E-state index is 11.3. The highest BCUT2D eigenvalue weighted by molar-refractivity contribution is 9.10. The first-order valence-corrected chi connectivity index (χ1v) is 8.93. The Morgan fingerprint density at radius 1 is 0.714 bits per heavy atom. The summed E-state index contributed by atoms with van der Waals surface area (Å²) < 4.78 is 10.0. The molecule has 0 aliphatic carbocycles. The van der Waals surface area contributed by atoms with Crippen LogP contribution in [0.2, 0.25) is 0 Å². The molecule has 0 bridgehead atoms. The minimum Gasteiger partial charge on any atom is -0.478 e. The van der Waals surface area contributed by atoms with E-state index in [1.54, 1.807) is 12.1 Å². The van der Waals surface area contributed by atoms with Crippen molar-refractivity contribution in [2.24, 2.45) is 0 Å². The lowest BCUT2D eigenvalue weighted by molar-refractivity contribution is 0.0595. The first-order chi connectivity index (χ1) is 13.1. The summed E-state index contributed by atoms with van der Waals surface area (Å²) in [6, 6.07) is 8.41. The number of hydrogen-bond donors (Lipinski definition) is 2. The largest absolute Gasteiger partial charge is 0.478 e. The summed E-state index contributed by atoms with van der Waals surface area (Å²) in [5.41, 5.74) is 0.502. The van der Waals surface area contributed by atoms with Gasteiger partial charge >= 0.3 is 23.9 Å². The van der Waals surface area contributed by atoms with Crippen molar-refractivity contribution in [1.82, 2.24) is 0 Å². The molecule has 2 rings (SSSR count). The number of benzene rings is 2. The Balaban J connectivity index is 0.000000283. The topological polar surface area (TPSA) is 127 Å². The highest BCUT2D eigenvalue weighted by Crippen LogP contribution is 2.20. The number of ether oxygens (including phenoxy) is 2. The number of hydrogen-bond acceptors (Lipinski definition) is 6. The third-order valence-corrected chi connectivity index (χ3v) is 4.62. The minimum atomic E-state index is -1.16. The van der Waals surface area contributed by atoms with Gasteiger partial charge in [-0.3, -0.25) is 0 Å². The second kappa shape index (κ2) is 10.6. The monoisotopic (exact) mass is 516 g/mol. The summed E-state index contributed by atoms with van der Waals surface area (Å²) >= 11 is 6.20. The van der Waals surface area contributed by atoms with E-state index >= 15 is 0 Å². The van der Waals surface area contributed by atoms with E-state index in [-0.39, 0.29) is 11.1 Å². The lowest BCUT2D eigenvalue weighted by Crippen LogP contribution is -2.06. The van der Waals surface area contributed by atoms with Crippen molar-refractivity contribution in [2.75, 3.05) is 14.2 Å². The Morgan fingerprint density at radius 3 is 1.64 bits per heavy atom. The lowest BCUT2D eigenvalue weighted by Gasteiger charge is -2.04. The van der Waals surface area contributed by atoms with Gasteiger partial charge in [0.25, 0.3) is 0 Å². The molecule has 2 aromatic rings. The van der Waals surface area contributed by atoms with Crippen molar-refractivity contribution in [3.63, 3.8) is 0 Å². The quantitative estimate of drug-likeness (QED) is 0.585. The highest BCUT2D eigenvalue weighted by Gasteiger charge is 2.14. The number of halogens is 2. The van der Waals surface area contributed by atoms with Crippen LogP contribution in [0.15, 0.2) is 45.3 Å². The van der Waals surface area contributed by atoms with Crippen LogP contribution in [-0.2, 0) is 9.47 Å². The van der Waals surface area contributed by atoms with Crippen molar-refractivity contribution < 1.29 is 38.9 Å². The van der Waals surface area contributed by atoms with Crippen molar-refractivity contribution in [3.05, 3.63) is 67.6 Å². The van der Waals surface area contributed by atoms with Gasteiger partial charge in [-0.05, 0) is 68.3 Å². The molecule has 10 heteroatoms. The van der Waals surface area contributed by atoms with Gasteiger partial charge in [0.1, 0.15) is 0 Å². The van der Waals surface area contributed by atoms with E-state index in [2.05, 4.69) is 41.3 Å². The van der Waals surface area contributed by atoms with Crippen LogP contribution in [0.25, 0.3) is 0 Å². The van der Waals surface area contributed by atoms with E-state index in [1.807, 2.05) is 0 Å². The fourth-order valence-corrected chi connectivity index (χ4v) is 2.68. The number of esters is 2. The molecule has 2 N–H and O–H groups in total. The van der Waals surface area contributed by atoms with Gasteiger partial charge in [0, 0.05) is 8.95 Å². The summed E-state index contributed by atoms with van der Waals surface area (Å²) in [5.74, 6) is -3.30. The van der Waals surface area contributed by atoms with Gasteiger partial charge in [-0.2, -0.15) is 0 Å². The predicted octanol–water partition coefficient (Wildman–Crippen LogP) is 3.87. The minimum absolute atomic E-state index is 0.0411. The fraction of sp³-hybridized carbons (Fsp3) is 0.111. The van der Waals surface area contributed by atoms with Gasteiger partial charge in [0.2, 0.25) is 0 Å². The fourth-order valence-electron chi connectivity index (χ4n) is 1.86. The zero-order chi connectivity index (χ0) is 21.4. The first-order valence-electron chi connectivity index (χ1n) is 7.34. The number of carbonyl (C=O) groups is 4. The zero-order valence-electron chi connectivity index (χ0n) is 14.6. The summed E-state index contributed by atoms with van der Waals surface area (Å²) in [4.78, 5) is 43.5. The Kier molecular flexibility index (Phi) is 8.80. The van der Waals surface area contributed by atoms with Gasteiger partial charge in [0.05, 0.1) is 36.5 Å². The van der Waals surface area contributed by atoms with E-state index in [1.165, 1.54) is 32.4 Å². The lowest BCUT2D eigenvalue weighted by atomic mass is 10.1. The second-order valence-corrected chi connectivity index (χ2v) is 6.69. The highest BCUT2D eigenvalue weighted by atomic mass is 79.9. The standard InChI is InChI=1S/C10H9BrO4.C8H5BrO4/c1-14-9(12)6-3-4-8(11)7(5-6)10(13)15-2;9-6-2-1-4(7(10)11)3-5(6)8(12)13/h3-5H,1-2H3;1-3H,(H,10,11)(H,12,13). The van der Waals surface area contributed by atoms with Gasteiger partial charge < -0.3 is 19.7 Å². The maximum Gasteiger partial charge on any atom is 0.339 e. The molecule has 0 unspecified atom stereocenters. The number of carbonyl (C=O) groups excluding carboxylic acids is 2. The maximum atomic E-state index is 11.3. The molecule has 0 aromatic heterocycles. The molecular weight excluding hydrogens is 504 g/mol. The molecule has 0 fully saturated rings. The SMILES string of the molecule is COC(=O)c1ccc(Br)c(C(=O)OC)c1.O=C(O)c1ccc(Br)c(C(=O)O)c1. The number of carboxylic acid groups (broad SMARTS) is 2. The molecule has 0 aliphatic heterocycles. The van der Waals surface area contributed by atoms with E-state index in [4.69, 9.17) is 10.2 Å². The summed E-state index contributed by atoms with van der Waals surface area (Å²) in [7, 11) is 2.56. The smallest absolute Gasteiger partial charge is 0.339 e. The Hall–Kier alpha value is -2.72. The molecule has 8 nitrogen and oxygen atoms in total. The summed E-state index contributed by atoms with van der Waals surface area (Å²) in [6.07, 6.45) is 0. The van der Waals surface area contributed by atoms with Crippen molar-refractivity contribution in [3.8, 4) is 0 Å². The van der Waals surface area contributed by atoms with Crippen LogP contribution >= 0.6 is 31.9 Å². The number of methoxy groups -OCH3 is 2. The molecule has 0 spiro atoms. The average Bonchev–Trinajstić information content (AvgIpc) is 2.67. The van der Waals surface area contributed by atoms with E-state index < -0.39 is 23.9 Å². The van der Waals surface area contributed by atoms with E-state index in [0.717, 1.165) is 6.07 Å². The van der Waals surface area contributed by atoms with E-state index in [0.29, 0.717) is 20.1 Å². The number of aromatic carboxylic acids is 2. The van der Waals surface area contributed by atoms with Gasteiger partial charge in [-0.15, -0.1) is 0 Å². The molecule has 0 amide bonds. The average molecular weight is 518 g/mol. The summed E-state index contributed by atoms with van der Waals surface area (Å²) in [5, 5.41) is 17.2. The Bertz CT molecular complexity index is 924. The molecule has 0 saturated carbocycles. The van der Waals surface area contributed by atoms with Gasteiger partial charge in [-0.1, -0.05) is 0 Å². The van der Waals surface area contributed by atoms with Crippen LogP contribution in [0.3, 0.4) is 0 Å². The molecule has 28 heavy (non-hydrogen) atoms. The number of carboxylic acids is 2. The normalized spacial score (nSPS) is 9.57. The number of rotatable bonds is 4. The van der Waals surface area contributed by atoms with Crippen LogP contribution in [0.4, 0.5) is 0 Å². The predicted molar refractivity (Wildman–Crippen MR) is 105 cm³/mol. The second-order valence-electron chi connectivity index (χ2n) is 4.98. The molecule has 2 aromatic carbocycles. The molecule has 0 heterocycles.